The maximum Gasteiger partial charge on any atom is 1.00 e. The van der Waals surface area contributed by atoms with Crippen LogP contribution in [0.25, 0.3) is 0 Å². The Morgan fingerprint density at radius 3 is 1.86 bits per heavy atom. The molecule has 1 saturated heterocycles. The normalized spacial score (nSPS) is 24.7. The third kappa shape index (κ3) is 2.69. The van der Waals surface area contributed by atoms with Gasteiger partial charge in [0, 0.05) is 0 Å². The van der Waals surface area contributed by atoms with E-state index >= 15 is 0 Å². The smallest absolute Gasteiger partial charge is 0.756 e. The molecule has 4 nitrogen and oxygen atoms in total. The average Bonchev–Trinajstić information content (AvgIpc) is 1.32. The van der Waals surface area contributed by atoms with E-state index in [2.05, 4.69) is 9.05 Å². The third-order valence-electron chi connectivity index (χ3n) is 0.422. The average molecular weight is 148 g/mol. The van der Waals surface area contributed by atoms with Crippen LogP contribution in [0.3, 0.4) is 0 Å². The van der Waals surface area contributed by atoms with Crippen molar-refractivity contribution in [2.45, 2.75) is 0 Å². The minimum absolute atomic E-state index is 0. The zero-order valence-electron chi connectivity index (χ0n) is 3.79. The van der Waals surface area contributed by atoms with E-state index < -0.39 is 7.82 Å². The SMILES string of the molecule is O=P1([O-])OCO1.[K+]. The molecule has 0 unspecified atom stereocenters. The summed E-state index contributed by atoms with van der Waals surface area (Å²) >= 11 is 0. The summed E-state index contributed by atoms with van der Waals surface area (Å²) in [6.45, 7) is -0.110. The van der Waals surface area contributed by atoms with E-state index in [1.54, 1.807) is 0 Å². The van der Waals surface area contributed by atoms with Gasteiger partial charge in [0.1, 0.15) is 0 Å². The Kier molecular flexibility index (Phi) is 3.81. The molecule has 0 spiro atoms. The zero-order chi connectivity index (χ0) is 4.62. The molecule has 0 aliphatic carbocycles. The van der Waals surface area contributed by atoms with Crippen molar-refractivity contribution in [1.82, 2.24) is 0 Å². The summed E-state index contributed by atoms with van der Waals surface area (Å²) in [5, 5.41) is 0. The van der Waals surface area contributed by atoms with E-state index in [0.717, 1.165) is 0 Å². The molecule has 0 amide bonds. The van der Waals surface area contributed by atoms with Crippen LogP contribution < -0.4 is 56.3 Å². The Hall–Kier alpha value is 1.75. The Labute approximate surface area is 83.2 Å². The summed E-state index contributed by atoms with van der Waals surface area (Å²) in [5.74, 6) is 0. The van der Waals surface area contributed by atoms with Crippen molar-refractivity contribution in [3.05, 3.63) is 0 Å². The molecular weight excluding hydrogens is 146 g/mol. The van der Waals surface area contributed by atoms with Crippen molar-refractivity contribution in [3.63, 3.8) is 0 Å². The van der Waals surface area contributed by atoms with Gasteiger partial charge in [0.25, 0.3) is 7.82 Å². The molecule has 6 heteroatoms. The van der Waals surface area contributed by atoms with Crippen LogP contribution in [0.4, 0.5) is 0 Å². The second-order valence-corrected chi connectivity index (χ2v) is 2.23. The molecule has 0 saturated carbocycles. The van der Waals surface area contributed by atoms with E-state index in [0.29, 0.717) is 0 Å². The van der Waals surface area contributed by atoms with Crippen LogP contribution in [0.5, 0.6) is 0 Å². The largest absolute Gasteiger partial charge is 1.00 e. The molecular formula is CH2KO4P. The van der Waals surface area contributed by atoms with Gasteiger partial charge in [-0.2, -0.15) is 0 Å². The number of hydrogen-bond donors (Lipinski definition) is 0. The molecule has 0 bridgehead atoms. The zero-order valence-corrected chi connectivity index (χ0v) is 7.80. The molecule has 36 valence electrons. The second-order valence-electron chi connectivity index (χ2n) is 0.823. The standard InChI is InChI=1S/CH3O4P.K/c2-6(3)4-1-5-6;/h1H2,(H,2,3);/q;+1/p-1. The van der Waals surface area contributed by atoms with Crippen molar-refractivity contribution in [1.29, 1.82) is 0 Å². The number of phosphoric acid groups is 1. The van der Waals surface area contributed by atoms with Gasteiger partial charge < -0.3 is 4.89 Å². The molecule has 1 aliphatic rings. The quantitative estimate of drug-likeness (QED) is 0.264. The first-order chi connectivity index (χ1) is 2.71. The van der Waals surface area contributed by atoms with Gasteiger partial charge in [0.2, 0.25) is 0 Å². The summed E-state index contributed by atoms with van der Waals surface area (Å²) in [7, 11) is -3.72. The molecule has 1 aliphatic heterocycles. The van der Waals surface area contributed by atoms with E-state index in [1.807, 2.05) is 0 Å². The topological polar surface area (TPSA) is 58.6 Å². The van der Waals surface area contributed by atoms with Crippen molar-refractivity contribution < 1.29 is 69.9 Å². The minimum atomic E-state index is -3.72. The maximum atomic E-state index is 9.67. The predicted molar refractivity (Wildman–Crippen MR) is 14.6 cm³/mol. The van der Waals surface area contributed by atoms with Gasteiger partial charge in [0.15, 0.2) is 6.79 Å². The number of hydrogen-bond acceptors (Lipinski definition) is 4. The van der Waals surface area contributed by atoms with Crippen LogP contribution in [0.15, 0.2) is 0 Å². The number of rotatable bonds is 0. The fourth-order valence-corrected chi connectivity index (χ4v) is 0.416. The molecule has 0 N–H and O–H groups in total. The van der Waals surface area contributed by atoms with Gasteiger partial charge in [-0.15, -0.1) is 0 Å². The van der Waals surface area contributed by atoms with Crippen molar-refractivity contribution in [2.75, 3.05) is 6.79 Å². The molecule has 0 aromatic heterocycles. The van der Waals surface area contributed by atoms with Gasteiger partial charge in [-0.05, 0) is 0 Å². The number of phosphoric ester groups is 1. The van der Waals surface area contributed by atoms with Crippen LogP contribution in [0, 0.1) is 0 Å². The maximum absolute atomic E-state index is 9.67. The Balaban J connectivity index is 0.000000360. The van der Waals surface area contributed by atoms with Crippen LogP contribution in [-0.4, -0.2) is 6.79 Å². The molecule has 0 aromatic carbocycles. The first-order valence-electron chi connectivity index (χ1n) is 1.31. The van der Waals surface area contributed by atoms with Crippen LogP contribution in [0.2, 0.25) is 0 Å². The van der Waals surface area contributed by atoms with Crippen LogP contribution in [-0.2, 0) is 13.6 Å². The van der Waals surface area contributed by atoms with E-state index in [4.69, 9.17) is 0 Å². The molecule has 0 radical (unpaired) electrons. The fraction of sp³-hybridized carbons (Fsp3) is 1.00. The van der Waals surface area contributed by atoms with Gasteiger partial charge >= 0.3 is 51.4 Å². The molecule has 1 rings (SSSR count). The summed E-state index contributed by atoms with van der Waals surface area (Å²) < 4.78 is 17.5. The molecule has 7 heavy (non-hydrogen) atoms. The van der Waals surface area contributed by atoms with E-state index in [9.17, 15) is 9.46 Å². The van der Waals surface area contributed by atoms with Gasteiger partial charge in [0.05, 0.1) is 0 Å². The van der Waals surface area contributed by atoms with Crippen molar-refractivity contribution in [3.8, 4) is 0 Å². The predicted octanol–water partition coefficient (Wildman–Crippen LogP) is -3.54. The van der Waals surface area contributed by atoms with Crippen molar-refractivity contribution in [2.24, 2.45) is 0 Å². The minimum Gasteiger partial charge on any atom is -0.756 e. The Morgan fingerprint density at radius 1 is 1.57 bits per heavy atom. The first-order valence-corrected chi connectivity index (χ1v) is 2.77. The van der Waals surface area contributed by atoms with Gasteiger partial charge in [-0.25, -0.2) is 0 Å². The molecule has 0 atom stereocenters. The Morgan fingerprint density at radius 2 is 1.86 bits per heavy atom. The van der Waals surface area contributed by atoms with Gasteiger partial charge in [-0.1, -0.05) is 0 Å². The van der Waals surface area contributed by atoms with Crippen LogP contribution in [0.1, 0.15) is 0 Å². The second kappa shape index (κ2) is 3.05. The van der Waals surface area contributed by atoms with Crippen LogP contribution >= 0.6 is 7.82 Å². The molecule has 1 heterocycles. The van der Waals surface area contributed by atoms with Gasteiger partial charge in [-0.3, -0.25) is 13.6 Å². The summed E-state index contributed by atoms with van der Waals surface area (Å²) in [6, 6.07) is 0. The summed E-state index contributed by atoms with van der Waals surface area (Å²) in [4.78, 5) is 9.67. The van der Waals surface area contributed by atoms with Crippen molar-refractivity contribution >= 4 is 7.82 Å². The third-order valence-corrected chi connectivity index (χ3v) is 1.26. The summed E-state index contributed by atoms with van der Waals surface area (Å²) in [5.41, 5.74) is 0. The van der Waals surface area contributed by atoms with E-state index in [1.165, 1.54) is 0 Å². The Bertz CT molecular complexity index is 93.9. The first kappa shape index (κ1) is 8.75. The monoisotopic (exact) mass is 148 g/mol. The molecule has 1 fully saturated rings. The summed E-state index contributed by atoms with van der Waals surface area (Å²) in [6.07, 6.45) is 0. The fourth-order valence-electron chi connectivity index (χ4n) is 0.139. The molecule has 0 aromatic rings. The van der Waals surface area contributed by atoms with E-state index in [-0.39, 0.29) is 58.2 Å².